The van der Waals surface area contributed by atoms with E-state index < -0.39 is 17.6 Å². The molecule has 0 aliphatic carbocycles. The molecule has 0 aliphatic rings. The molecule has 1 atom stereocenters. The SMILES string of the molecule is CC(C)(C)OC(=O)C(N)CCC[13C]#[15N]. The van der Waals surface area contributed by atoms with Gasteiger partial charge in [0.2, 0.25) is 0 Å². The summed E-state index contributed by atoms with van der Waals surface area (Å²) in [4.78, 5) is 11.3. The highest BCUT2D eigenvalue weighted by atomic mass is 16.6. The second-order valence-electron chi connectivity index (χ2n) is 4.19. The Morgan fingerprint density at radius 1 is 1.57 bits per heavy atom. The molecule has 0 amide bonds. The largest absolute Gasteiger partial charge is 0.459 e. The molecule has 4 heteroatoms. The zero-order valence-corrected chi connectivity index (χ0v) is 9.04. The van der Waals surface area contributed by atoms with Crippen molar-refractivity contribution in [3.05, 3.63) is 0 Å². The van der Waals surface area contributed by atoms with Crippen LogP contribution < -0.4 is 5.73 Å². The molecule has 14 heavy (non-hydrogen) atoms. The van der Waals surface area contributed by atoms with E-state index >= 15 is 0 Å². The number of unbranched alkanes of at least 4 members (excludes halogenated alkanes) is 1. The van der Waals surface area contributed by atoms with Gasteiger partial charge in [-0.2, -0.15) is 5.26 Å². The number of nitrogens with zero attached hydrogens (tertiary/aromatic N) is 1. The standard InChI is InChI=1S/C10H18N2O2/c1-10(2,3)14-9(13)8(12)6-4-5-7-11/h8H,4-6,12H2,1-3H3/i7+1,11+1. The first kappa shape index (κ1) is 12.9. The summed E-state index contributed by atoms with van der Waals surface area (Å²) >= 11 is 0. The van der Waals surface area contributed by atoms with Gasteiger partial charge >= 0.3 is 5.97 Å². The van der Waals surface area contributed by atoms with E-state index in [0.717, 1.165) is 0 Å². The normalized spacial score (nSPS) is 13.1. The number of hydrogen-bond donors (Lipinski definition) is 1. The zero-order valence-electron chi connectivity index (χ0n) is 9.04. The minimum absolute atomic E-state index is 0.393. The second-order valence-corrected chi connectivity index (χ2v) is 4.19. The summed E-state index contributed by atoms with van der Waals surface area (Å²) in [7, 11) is 0. The molecular weight excluding hydrogens is 182 g/mol. The lowest BCUT2D eigenvalue weighted by atomic mass is 10.1. The van der Waals surface area contributed by atoms with Crippen molar-refractivity contribution in [2.45, 2.75) is 51.7 Å². The van der Waals surface area contributed by atoms with Crippen molar-refractivity contribution in [2.75, 3.05) is 0 Å². The average Bonchev–Trinajstić information content (AvgIpc) is 2.01. The molecule has 0 saturated heterocycles. The predicted molar refractivity (Wildman–Crippen MR) is 53.3 cm³/mol. The Morgan fingerprint density at radius 3 is 2.57 bits per heavy atom. The first-order valence-electron chi connectivity index (χ1n) is 4.72. The smallest absolute Gasteiger partial charge is 0.323 e. The number of nitrogens with two attached hydrogens (primary N) is 1. The third-order valence-electron chi connectivity index (χ3n) is 1.51. The average molecular weight is 200 g/mol. The van der Waals surface area contributed by atoms with E-state index in [1.165, 1.54) is 0 Å². The van der Waals surface area contributed by atoms with Crippen molar-refractivity contribution in [2.24, 2.45) is 5.73 Å². The van der Waals surface area contributed by atoms with Crippen LogP contribution in [0.1, 0.15) is 40.0 Å². The van der Waals surface area contributed by atoms with Crippen molar-refractivity contribution in [3.8, 4) is 6.07 Å². The molecule has 0 bridgehead atoms. The Morgan fingerprint density at radius 2 is 2.14 bits per heavy atom. The third kappa shape index (κ3) is 6.44. The first-order chi connectivity index (χ1) is 6.37. The molecule has 0 radical (unpaired) electrons. The predicted octanol–water partition coefficient (Wildman–Crippen LogP) is 1.35. The number of esters is 1. The zero-order chi connectivity index (χ0) is 11.2. The molecule has 0 rings (SSSR count). The van der Waals surface area contributed by atoms with Crippen molar-refractivity contribution >= 4 is 5.97 Å². The van der Waals surface area contributed by atoms with E-state index in [4.69, 9.17) is 15.7 Å². The Balaban J connectivity index is 3.84. The molecule has 0 aromatic rings. The molecule has 1 unspecified atom stereocenters. The van der Waals surface area contributed by atoms with Crippen LogP contribution in [-0.2, 0) is 9.53 Å². The molecule has 4 nitrogen and oxygen atoms in total. The minimum Gasteiger partial charge on any atom is -0.459 e. The number of hydrogen-bond acceptors (Lipinski definition) is 4. The summed E-state index contributed by atoms with van der Waals surface area (Å²) in [5.74, 6) is -0.393. The highest BCUT2D eigenvalue weighted by Gasteiger charge is 2.21. The summed E-state index contributed by atoms with van der Waals surface area (Å²) in [5, 5.41) is 8.30. The van der Waals surface area contributed by atoms with Gasteiger partial charge in [-0.25, -0.2) is 0 Å². The Hall–Kier alpha value is -1.08. The first-order valence-corrected chi connectivity index (χ1v) is 4.72. The van der Waals surface area contributed by atoms with Crippen molar-refractivity contribution < 1.29 is 9.53 Å². The topological polar surface area (TPSA) is 76.1 Å². The lowest BCUT2D eigenvalue weighted by Crippen LogP contribution is -2.37. The maximum absolute atomic E-state index is 11.3. The molecule has 0 aromatic heterocycles. The summed E-state index contributed by atoms with van der Waals surface area (Å²) in [6.45, 7) is 5.40. The summed E-state index contributed by atoms with van der Waals surface area (Å²) in [5.41, 5.74) is 5.09. The van der Waals surface area contributed by atoms with Gasteiger partial charge in [0.25, 0.3) is 0 Å². The molecule has 0 aromatic carbocycles. The van der Waals surface area contributed by atoms with Crippen LogP contribution in [0.4, 0.5) is 0 Å². The van der Waals surface area contributed by atoms with Crippen LogP contribution in [0.5, 0.6) is 0 Å². The fraction of sp³-hybridized carbons (Fsp3) is 0.800. The van der Waals surface area contributed by atoms with Gasteiger partial charge in [0.05, 0.1) is 6.07 Å². The van der Waals surface area contributed by atoms with Crippen molar-refractivity contribution in [3.63, 3.8) is 0 Å². The second kappa shape index (κ2) is 5.61. The Kier molecular flexibility index (Phi) is 5.18. The summed E-state index contributed by atoms with van der Waals surface area (Å²) < 4.78 is 5.08. The van der Waals surface area contributed by atoms with Gasteiger partial charge in [-0.05, 0) is 33.6 Å². The van der Waals surface area contributed by atoms with Crippen molar-refractivity contribution in [1.82, 2.24) is 0 Å². The molecule has 0 fully saturated rings. The van der Waals surface area contributed by atoms with Crippen LogP contribution in [0.25, 0.3) is 0 Å². The summed E-state index contributed by atoms with van der Waals surface area (Å²) in [6.07, 6.45) is 1.57. The molecule has 2 N–H and O–H groups in total. The molecule has 0 heterocycles. The van der Waals surface area contributed by atoms with Crippen LogP contribution in [0, 0.1) is 11.3 Å². The van der Waals surface area contributed by atoms with Crippen LogP contribution in [0.15, 0.2) is 0 Å². The maximum Gasteiger partial charge on any atom is 0.323 e. The number of carbonyl (C=O) groups is 1. The monoisotopic (exact) mass is 200 g/mol. The Bertz CT molecular complexity index is 225. The van der Waals surface area contributed by atoms with Gasteiger partial charge < -0.3 is 10.5 Å². The van der Waals surface area contributed by atoms with Crippen LogP contribution in [0.3, 0.4) is 0 Å². The van der Waals surface area contributed by atoms with Gasteiger partial charge in [0.15, 0.2) is 0 Å². The van der Waals surface area contributed by atoms with E-state index in [9.17, 15) is 4.79 Å². The highest BCUT2D eigenvalue weighted by Crippen LogP contribution is 2.09. The number of rotatable bonds is 4. The number of carbonyl (C=O) groups excluding carboxylic acids is 1. The van der Waals surface area contributed by atoms with Gasteiger partial charge in [-0.1, -0.05) is 0 Å². The number of ether oxygens (including phenoxy) is 1. The van der Waals surface area contributed by atoms with Crippen LogP contribution >= 0.6 is 0 Å². The fourth-order valence-corrected chi connectivity index (χ4v) is 0.896. The molecule has 0 aliphatic heterocycles. The Labute approximate surface area is 85.0 Å². The minimum atomic E-state index is -0.609. The number of nitriles is 1. The van der Waals surface area contributed by atoms with Crippen LogP contribution in [-0.4, -0.2) is 17.6 Å². The quantitative estimate of drug-likeness (QED) is 0.321. The van der Waals surface area contributed by atoms with Crippen molar-refractivity contribution in [1.29, 1.82) is 5.26 Å². The van der Waals surface area contributed by atoms with E-state index in [2.05, 4.69) is 0 Å². The summed E-state index contributed by atoms with van der Waals surface area (Å²) in [6, 6.07) is 1.39. The molecule has 0 saturated carbocycles. The lowest BCUT2D eigenvalue weighted by molar-refractivity contribution is -0.156. The van der Waals surface area contributed by atoms with Gasteiger partial charge in [0, 0.05) is 6.42 Å². The molecule has 80 valence electrons. The van der Waals surface area contributed by atoms with Gasteiger partial charge in [0.1, 0.15) is 11.6 Å². The lowest BCUT2D eigenvalue weighted by Gasteiger charge is -2.21. The highest BCUT2D eigenvalue weighted by molar-refractivity contribution is 5.75. The van der Waals surface area contributed by atoms with Gasteiger partial charge in [-0.3, -0.25) is 4.79 Å². The van der Waals surface area contributed by atoms with E-state index in [0.29, 0.717) is 19.3 Å². The van der Waals surface area contributed by atoms with E-state index in [1.54, 1.807) is 20.8 Å². The van der Waals surface area contributed by atoms with Crippen LogP contribution in [0.2, 0.25) is 0 Å². The maximum atomic E-state index is 11.3. The van der Waals surface area contributed by atoms with E-state index in [-0.39, 0.29) is 0 Å². The molecule has 0 spiro atoms. The molecular formula is C10H18N2O2. The fourth-order valence-electron chi connectivity index (χ4n) is 0.896. The third-order valence-corrected chi connectivity index (χ3v) is 1.51. The van der Waals surface area contributed by atoms with Gasteiger partial charge in [-0.15, -0.1) is 0 Å². The van der Waals surface area contributed by atoms with E-state index in [1.807, 2.05) is 6.07 Å².